The first-order chi connectivity index (χ1) is 8.06. The normalized spacial score (nSPS) is 10.3. The molecule has 0 unspecified atom stereocenters. The van der Waals surface area contributed by atoms with Crippen LogP contribution in [0, 0.1) is 13.8 Å². The van der Waals surface area contributed by atoms with Gasteiger partial charge in [0, 0.05) is 16.4 Å². The number of rotatable bonds is 2. The van der Waals surface area contributed by atoms with Crippen LogP contribution in [-0.2, 0) is 0 Å². The van der Waals surface area contributed by atoms with Crippen LogP contribution in [0.25, 0.3) is 0 Å². The maximum Gasteiger partial charge on any atom is 0.272 e. The van der Waals surface area contributed by atoms with Crippen LogP contribution >= 0.6 is 15.9 Å². The van der Waals surface area contributed by atoms with Crippen molar-refractivity contribution in [1.82, 2.24) is 4.98 Å². The lowest BCUT2D eigenvalue weighted by Crippen LogP contribution is -2.12. The molecule has 17 heavy (non-hydrogen) atoms. The minimum atomic E-state index is -0.140. The number of aromatic amines is 1. The van der Waals surface area contributed by atoms with Gasteiger partial charge in [0.25, 0.3) is 5.91 Å². The zero-order chi connectivity index (χ0) is 12.4. The molecule has 2 aromatic rings. The standard InChI is InChI=1S/C13H13BrN2O/c1-8-3-4-11(5-9(8)2)16-13(17)12-6-10(14)7-15-12/h3-7,15H,1-2H3,(H,16,17). The van der Waals surface area contributed by atoms with Gasteiger partial charge in [-0.05, 0) is 59.1 Å². The Kier molecular flexibility index (Phi) is 3.33. The van der Waals surface area contributed by atoms with Gasteiger partial charge in [0.05, 0.1) is 0 Å². The van der Waals surface area contributed by atoms with Crippen molar-refractivity contribution in [3.05, 3.63) is 51.8 Å². The van der Waals surface area contributed by atoms with Crippen LogP contribution in [0.5, 0.6) is 0 Å². The second-order valence-electron chi connectivity index (χ2n) is 3.98. The fraction of sp³-hybridized carbons (Fsp3) is 0.154. The SMILES string of the molecule is Cc1ccc(NC(=O)c2cc(Br)c[nH]2)cc1C. The summed E-state index contributed by atoms with van der Waals surface area (Å²) in [4.78, 5) is 14.8. The second kappa shape index (κ2) is 4.75. The lowest BCUT2D eigenvalue weighted by molar-refractivity contribution is 0.102. The molecule has 0 saturated heterocycles. The molecule has 2 rings (SSSR count). The summed E-state index contributed by atoms with van der Waals surface area (Å²) in [5.74, 6) is -0.140. The highest BCUT2D eigenvalue weighted by Crippen LogP contribution is 2.16. The first-order valence-electron chi connectivity index (χ1n) is 5.29. The maximum absolute atomic E-state index is 11.9. The number of anilines is 1. The number of H-pyrrole nitrogens is 1. The topological polar surface area (TPSA) is 44.9 Å². The Labute approximate surface area is 108 Å². The zero-order valence-electron chi connectivity index (χ0n) is 9.67. The number of benzene rings is 1. The molecule has 1 amide bonds. The Hall–Kier alpha value is -1.55. The Morgan fingerprint density at radius 2 is 2.00 bits per heavy atom. The molecule has 0 aliphatic rings. The summed E-state index contributed by atoms with van der Waals surface area (Å²) in [7, 11) is 0. The average Bonchev–Trinajstić information content (AvgIpc) is 2.70. The summed E-state index contributed by atoms with van der Waals surface area (Å²) in [5, 5.41) is 2.85. The molecule has 3 nitrogen and oxygen atoms in total. The van der Waals surface area contributed by atoms with Gasteiger partial charge in [-0.3, -0.25) is 4.79 Å². The molecular weight excluding hydrogens is 280 g/mol. The third-order valence-electron chi connectivity index (χ3n) is 2.66. The van der Waals surface area contributed by atoms with E-state index in [2.05, 4.69) is 26.2 Å². The highest BCUT2D eigenvalue weighted by molar-refractivity contribution is 9.10. The zero-order valence-corrected chi connectivity index (χ0v) is 11.3. The van der Waals surface area contributed by atoms with Gasteiger partial charge in [0.2, 0.25) is 0 Å². The predicted octanol–water partition coefficient (Wildman–Crippen LogP) is 3.65. The van der Waals surface area contributed by atoms with Gasteiger partial charge in [-0.2, -0.15) is 0 Å². The third-order valence-corrected chi connectivity index (χ3v) is 3.12. The minimum absolute atomic E-state index is 0.140. The Morgan fingerprint density at radius 3 is 2.59 bits per heavy atom. The first-order valence-corrected chi connectivity index (χ1v) is 6.08. The molecule has 0 radical (unpaired) electrons. The quantitative estimate of drug-likeness (QED) is 0.872. The maximum atomic E-state index is 11.9. The van der Waals surface area contributed by atoms with Crippen molar-refractivity contribution in [2.45, 2.75) is 13.8 Å². The van der Waals surface area contributed by atoms with Gasteiger partial charge >= 0.3 is 0 Å². The molecule has 1 heterocycles. The van der Waals surface area contributed by atoms with Gasteiger partial charge in [-0.1, -0.05) is 6.07 Å². The van der Waals surface area contributed by atoms with Crippen LogP contribution in [-0.4, -0.2) is 10.9 Å². The number of nitrogens with one attached hydrogen (secondary N) is 2. The Bertz CT molecular complexity index is 560. The monoisotopic (exact) mass is 292 g/mol. The van der Waals surface area contributed by atoms with E-state index >= 15 is 0 Å². The van der Waals surface area contributed by atoms with E-state index < -0.39 is 0 Å². The van der Waals surface area contributed by atoms with Crippen LogP contribution < -0.4 is 5.32 Å². The molecule has 4 heteroatoms. The molecule has 1 aromatic carbocycles. The van der Waals surface area contributed by atoms with Gasteiger partial charge in [0.15, 0.2) is 0 Å². The van der Waals surface area contributed by atoms with Gasteiger partial charge in [0.1, 0.15) is 5.69 Å². The number of hydrogen-bond acceptors (Lipinski definition) is 1. The fourth-order valence-corrected chi connectivity index (χ4v) is 1.86. The molecule has 88 valence electrons. The fourth-order valence-electron chi connectivity index (χ4n) is 1.52. The Morgan fingerprint density at radius 1 is 1.24 bits per heavy atom. The van der Waals surface area contributed by atoms with E-state index in [1.54, 1.807) is 12.3 Å². The summed E-state index contributed by atoms with van der Waals surface area (Å²) in [6.45, 7) is 4.07. The summed E-state index contributed by atoms with van der Waals surface area (Å²) in [6.07, 6.45) is 1.73. The van der Waals surface area contributed by atoms with Gasteiger partial charge in [-0.15, -0.1) is 0 Å². The smallest absolute Gasteiger partial charge is 0.272 e. The minimum Gasteiger partial charge on any atom is -0.356 e. The number of aryl methyl sites for hydroxylation is 2. The van der Waals surface area contributed by atoms with Crippen molar-refractivity contribution in [2.24, 2.45) is 0 Å². The number of aromatic nitrogens is 1. The van der Waals surface area contributed by atoms with E-state index in [1.807, 2.05) is 32.0 Å². The van der Waals surface area contributed by atoms with E-state index in [4.69, 9.17) is 0 Å². The van der Waals surface area contributed by atoms with Crippen molar-refractivity contribution < 1.29 is 4.79 Å². The van der Waals surface area contributed by atoms with Crippen molar-refractivity contribution in [3.8, 4) is 0 Å². The molecule has 0 spiro atoms. The van der Waals surface area contributed by atoms with E-state index in [9.17, 15) is 4.79 Å². The molecule has 0 atom stereocenters. The van der Waals surface area contributed by atoms with Crippen molar-refractivity contribution in [3.63, 3.8) is 0 Å². The van der Waals surface area contributed by atoms with Crippen LogP contribution in [0.4, 0.5) is 5.69 Å². The number of hydrogen-bond donors (Lipinski definition) is 2. The molecule has 2 N–H and O–H groups in total. The molecule has 0 bridgehead atoms. The number of amides is 1. The summed E-state index contributed by atoms with van der Waals surface area (Å²) >= 11 is 3.30. The number of halogens is 1. The average molecular weight is 293 g/mol. The molecular formula is C13H13BrN2O. The largest absolute Gasteiger partial charge is 0.356 e. The first kappa shape index (κ1) is 11.9. The summed E-state index contributed by atoms with van der Waals surface area (Å²) in [5.41, 5.74) is 3.72. The van der Waals surface area contributed by atoms with Crippen molar-refractivity contribution >= 4 is 27.5 Å². The molecule has 0 aliphatic heterocycles. The van der Waals surface area contributed by atoms with E-state index in [-0.39, 0.29) is 5.91 Å². The van der Waals surface area contributed by atoms with Crippen molar-refractivity contribution in [2.75, 3.05) is 5.32 Å². The van der Waals surface area contributed by atoms with Crippen LogP contribution in [0.1, 0.15) is 21.6 Å². The van der Waals surface area contributed by atoms with Gasteiger partial charge in [-0.25, -0.2) is 0 Å². The molecule has 0 saturated carbocycles. The van der Waals surface area contributed by atoms with E-state index in [1.165, 1.54) is 5.56 Å². The third kappa shape index (κ3) is 2.77. The molecule has 0 fully saturated rings. The summed E-state index contributed by atoms with van der Waals surface area (Å²) in [6, 6.07) is 7.61. The molecule has 0 aliphatic carbocycles. The lowest BCUT2D eigenvalue weighted by Gasteiger charge is -2.06. The lowest BCUT2D eigenvalue weighted by atomic mass is 10.1. The number of carbonyl (C=O) groups excluding carboxylic acids is 1. The second-order valence-corrected chi connectivity index (χ2v) is 4.90. The highest BCUT2D eigenvalue weighted by Gasteiger charge is 2.08. The predicted molar refractivity (Wildman–Crippen MR) is 72.4 cm³/mol. The Balaban J connectivity index is 2.15. The van der Waals surface area contributed by atoms with Crippen LogP contribution in [0.15, 0.2) is 34.9 Å². The van der Waals surface area contributed by atoms with E-state index in [0.29, 0.717) is 5.69 Å². The summed E-state index contributed by atoms with van der Waals surface area (Å²) < 4.78 is 0.864. The number of carbonyl (C=O) groups is 1. The highest BCUT2D eigenvalue weighted by atomic mass is 79.9. The van der Waals surface area contributed by atoms with Crippen LogP contribution in [0.2, 0.25) is 0 Å². The van der Waals surface area contributed by atoms with Gasteiger partial charge < -0.3 is 10.3 Å². The molecule has 1 aromatic heterocycles. The van der Waals surface area contributed by atoms with Crippen LogP contribution in [0.3, 0.4) is 0 Å². The van der Waals surface area contributed by atoms with E-state index in [0.717, 1.165) is 15.7 Å². The van der Waals surface area contributed by atoms with Crippen molar-refractivity contribution in [1.29, 1.82) is 0 Å².